The number of hydrogen-bond acceptors (Lipinski definition) is 4. The molecular weight excluding hydrogens is 417 g/mol. The SMILES string of the molecule is CCC/C(=N\N(CC(=O)N1CCN(C2=CCC=C(Cl)C=C2)CC1)C(C)C)C(F)(F)F. The van der Waals surface area contributed by atoms with E-state index in [9.17, 15) is 18.0 Å². The van der Waals surface area contributed by atoms with Crippen molar-refractivity contribution >= 4 is 23.2 Å². The summed E-state index contributed by atoms with van der Waals surface area (Å²) >= 11 is 6.03. The van der Waals surface area contributed by atoms with Gasteiger partial charge in [-0.15, -0.1) is 0 Å². The molecule has 1 heterocycles. The van der Waals surface area contributed by atoms with Crippen molar-refractivity contribution in [2.45, 2.75) is 52.3 Å². The summed E-state index contributed by atoms with van der Waals surface area (Å²) in [5.74, 6) is -0.208. The van der Waals surface area contributed by atoms with E-state index >= 15 is 0 Å². The van der Waals surface area contributed by atoms with Gasteiger partial charge in [0.1, 0.15) is 12.3 Å². The molecule has 0 spiro atoms. The van der Waals surface area contributed by atoms with Crippen LogP contribution in [0.2, 0.25) is 0 Å². The molecule has 0 N–H and O–H groups in total. The molecule has 5 nitrogen and oxygen atoms in total. The van der Waals surface area contributed by atoms with Crippen LogP contribution in [0.1, 0.15) is 40.0 Å². The van der Waals surface area contributed by atoms with Crippen LogP contribution in [-0.4, -0.2) is 71.4 Å². The maximum Gasteiger partial charge on any atom is 0.431 e. The van der Waals surface area contributed by atoms with Crippen LogP contribution in [0.5, 0.6) is 0 Å². The van der Waals surface area contributed by atoms with Crippen molar-refractivity contribution in [1.82, 2.24) is 14.8 Å². The molecule has 1 amide bonds. The number of nitrogens with zero attached hydrogens (tertiary/aromatic N) is 4. The summed E-state index contributed by atoms with van der Waals surface area (Å²) < 4.78 is 39.6. The average Bonchev–Trinajstić information content (AvgIpc) is 2.90. The minimum absolute atomic E-state index is 0.164. The Labute approximate surface area is 181 Å². The van der Waals surface area contributed by atoms with E-state index in [0.29, 0.717) is 37.6 Å². The first-order valence-corrected chi connectivity index (χ1v) is 10.7. The van der Waals surface area contributed by atoms with Gasteiger partial charge >= 0.3 is 6.18 Å². The van der Waals surface area contributed by atoms with Crippen LogP contribution in [0.3, 0.4) is 0 Å². The van der Waals surface area contributed by atoms with Gasteiger partial charge in [-0.2, -0.15) is 18.3 Å². The molecule has 1 saturated heterocycles. The highest BCUT2D eigenvalue weighted by Crippen LogP contribution is 2.22. The van der Waals surface area contributed by atoms with Crippen LogP contribution in [0.25, 0.3) is 0 Å². The van der Waals surface area contributed by atoms with Gasteiger partial charge < -0.3 is 9.80 Å². The fourth-order valence-corrected chi connectivity index (χ4v) is 3.41. The zero-order chi connectivity index (χ0) is 22.3. The molecule has 168 valence electrons. The number of alkyl halides is 3. The van der Waals surface area contributed by atoms with E-state index in [1.165, 1.54) is 5.01 Å². The van der Waals surface area contributed by atoms with Crippen molar-refractivity contribution in [3.05, 3.63) is 35.0 Å². The molecule has 1 aliphatic heterocycles. The van der Waals surface area contributed by atoms with Crippen LogP contribution in [-0.2, 0) is 4.79 Å². The Morgan fingerprint density at radius 3 is 2.43 bits per heavy atom. The van der Waals surface area contributed by atoms with Crippen LogP contribution in [0.4, 0.5) is 13.2 Å². The topological polar surface area (TPSA) is 39.2 Å². The second-order valence-corrected chi connectivity index (χ2v) is 8.08. The molecule has 1 fully saturated rings. The standard InChI is InChI=1S/C21H30ClF3N4O/c1-4-6-19(21(23,24)25)26-29(16(2)3)15-20(30)28-13-11-27(12-14-28)18-8-5-7-17(22)9-10-18/h7-10,16H,4-6,11-15H2,1-3H3/b26-19+. The molecule has 0 bridgehead atoms. The lowest BCUT2D eigenvalue weighted by Crippen LogP contribution is -2.51. The minimum atomic E-state index is -4.49. The second-order valence-electron chi connectivity index (χ2n) is 7.64. The number of piperazine rings is 1. The Morgan fingerprint density at radius 2 is 1.87 bits per heavy atom. The number of amides is 1. The highest BCUT2D eigenvalue weighted by molar-refractivity contribution is 6.31. The van der Waals surface area contributed by atoms with E-state index < -0.39 is 11.9 Å². The third kappa shape index (κ3) is 7.07. The first-order chi connectivity index (χ1) is 14.1. The number of hydrogen-bond donors (Lipinski definition) is 0. The average molecular weight is 447 g/mol. The summed E-state index contributed by atoms with van der Waals surface area (Å²) in [6.07, 6.45) is 4.27. The highest BCUT2D eigenvalue weighted by atomic mass is 35.5. The normalized spacial score (nSPS) is 18.3. The fourth-order valence-electron chi connectivity index (χ4n) is 3.25. The molecule has 0 aromatic rings. The maximum atomic E-state index is 13.2. The Hall–Kier alpha value is -1.96. The summed E-state index contributed by atoms with van der Waals surface area (Å²) in [6, 6.07) is -0.317. The molecular formula is C21H30ClF3N4O. The first kappa shape index (κ1) is 24.3. The lowest BCUT2D eigenvalue weighted by Gasteiger charge is -2.37. The Balaban J connectivity index is 1.98. The predicted octanol–water partition coefficient (Wildman–Crippen LogP) is 4.53. The van der Waals surface area contributed by atoms with Crippen molar-refractivity contribution < 1.29 is 18.0 Å². The zero-order valence-corrected chi connectivity index (χ0v) is 18.5. The van der Waals surface area contributed by atoms with Gasteiger partial charge in [0.15, 0.2) is 0 Å². The molecule has 1 aliphatic carbocycles. The summed E-state index contributed by atoms with van der Waals surface area (Å²) in [5.41, 5.74) is 0.229. The molecule has 0 saturated carbocycles. The van der Waals surface area contributed by atoms with Crippen LogP contribution >= 0.6 is 11.6 Å². The highest BCUT2D eigenvalue weighted by Gasteiger charge is 2.36. The Morgan fingerprint density at radius 1 is 1.20 bits per heavy atom. The molecule has 0 radical (unpaired) electrons. The Kier molecular flexibility index (Phi) is 8.82. The molecule has 2 aliphatic rings. The van der Waals surface area contributed by atoms with Crippen molar-refractivity contribution in [2.24, 2.45) is 5.10 Å². The van der Waals surface area contributed by atoms with Crippen LogP contribution < -0.4 is 0 Å². The first-order valence-electron chi connectivity index (χ1n) is 10.3. The lowest BCUT2D eigenvalue weighted by atomic mass is 10.2. The smallest absolute Gasteiger partial charge is 0.368 e. The number of carbonyl (C=O) groups excluding carboxylic acids is 1. The fraction of sp³-hybridized carbons (Fsp3) is 0.619. The third-order valence-corrected chi connectivity index (χ3v) is 5.29. The molecule has 0 aromatic carbocycles. The molecule has 30 heavy (non-hydrogen) atoms. The number of carbonyl (C=O) groups is 1. The van der Waals surface area contributed by atoms with Gasteiger partial charge in [-0.25, -0.2) is 0 Å². The molecule has 9 heteroatoms. The van der Waals surface area contributed by atoms with Gasteiger partial charge in [0.25, 0.3) is 0 Å². The van der Waals surface area contributed by atoms with E-state index in [4.69, 9.17) is 11.6 Å². The quantitative estimate of drug-likeness (QED) is 0.426. The van der Waals surface area contributed by atoms with E-state index in [-0.39, 0.29) is 24.9 Å². The monoisotopic (exact) mass is 446 g/mol. The summed E-state index contributed by atoms with van der Waals surface area (Å²) in [4.78, 5) is 16.6. The van der Waals surface area contributed by atoms with Gasteiger partial charge in [0, 0.05) is 43.0 Å². The molecule has 0 unspecified atom stereocenters. The molecule has 2 rings (SSSR count). The van der Waals surface area contributed by atoms with Gasteiger partial charge in [-0.05, 0) is 38.8 Å². The number of halogens is 4. The van der Waals surface area contributed by atoms with E-state index in [0.717, 1.165) is 12.1 Å². The minimum Gasteiger partial charge on any atom is -0.368 e. The van der Waals surface area contributed by atoms with Crippen LogP contribution in [0, 0.1) is 0 Å². The van der Waals surface area contributed by atoms with Gasteiger partial charge in [0.05, 0.1) is 0 Å². The van der Waals surface area contributed by atoms with Crippen molar-refractivity contribution in [3.8, 4) is 0 Å². The van der Waals surface area contributed by atoms with E-state index in [1.807, 2.05) is 18.2 Å². The number of hydrazone groups is 1. The number of allylic oxidation sites excluding steroid dienone is 5. The lowest BCUT2D eigenvalue weighted by molar-refractivity contribution is -0.134. The van der Waals surface area contributed by atoms with Gasteiger partial charge in [0.2, 0.25) is 5.91 Å². The van der Waals surface area contributed by atoms with Crippen molar-refractivity contribution in [3.63, 3.8) is 0 Å². The van der Waals surface area contributed by atoms with Crippen LogP contribution in [0.15, 0.2) is 40.1 Å². The molecule has 0 aromatic heterocycles. The van der Waals surface area contributed by atoms with Gasteiger partial charge in [-0.3, -0.25) is 9.80 Å². The van der Waals surface area contributed by atoms with Crippen molar-refractivity contribution in [2.75, 3.05) is 32.7 Å². The summed E-state index contributed by atoms with van der Waals surface area (Å²) in [6.45, 7) is 7.33. The largest absolute Gasteiger partial charge is 0.431 e. The maximum absolute atomic E-state index is 13.2. The second kappa shape index (κ2) is 10.9. The number of rotatable bonds is 7. The Bertz CT molecular complexity index is 720. The third-order valence-electron chi connectivity index (χ3n) is 5.01. The summed E-state index contributed by atoms with van der Waals surface area (Å²) in [7, 11) is 0. The van der Waals surface area contributed by atoms with Gasteiger partial charge in [-0.1, -0.05) is 37.1 Å². The van der Waals surface area contributed by atoms with Crippen molar-refractivity contribution in [1.29, 1.82) is 0 Å². The molecule has 0 atom stereocenters. The van der Waals surface area contributed by atoms with E-state index in [2.05, 4.69) is 16.1 Å². The summed E-state index contributed by atoms with van der Waals surface area (Å²) in [5, 5.41) is 5.75. The zero-order valence-electron chi connectivity index (χ0n) is 17.8. The predicted molar refractivity (Wildman–Crippen MR) is 114 cm³/mol. The van der Waals surface area contributed by atoms with E-state index in [1.54, 1.807) is 25.7 Å².